The number of aromatic nitrogens is 4. The van der Waals surface area contributed by atoms with Crippen LogP contribution in [-0.4, -0.2) is 57.2 Å². The van der Waals surface area contributed by atoms with Crippen LogP contribution in [0.15, 0.2) is 24.3 Å². The predicted molar refractivity (Wildman–Crippen MR) is 83.2 cm³/mol. The molecule has 1 saturated heterocycles. The number of rotatable bonds is 2. The number of aromatic amines is 1. The first kappa shape index (κ1) is 14.0. The number of piperazine rings is 1. The number of tetrazole rings is 1. The van der Waals surface area contributed by atoms with Crippen LogP contribution in [0.4, 0.5) is 5.69 Å². The summed E-state index contributed by atoms with van der Waals surface area (Å²) in [6.45, 7) is 11.2. The molecule has 1 aliphatic heterocycles. The van der Waals surface area contributed by atoms with E-state index >= 15 is 0 Å². The average Bonchev–Trinajstić information content (AvgIpc) is 3.01. The fraction of sp³-hybridized carbons (Fsp3) is 0.533. The number of anilines is 1. The molecule has 0 spiro atoms. The van der Waals surface area contributed by atoms with E-state index in [-0.39, 0.29) is 5.54 Å². The summed E-state index contributed by atoms with van der Waals surface area (Å²) < 4.78 is 0. The first-order valence-corrected chi connectivity index (χ1v) is 7.38. The van der Waals surface area contributed by atoms with Crippen LogP contribution in [0.25, 0.3) is 11.4 Å². The van der Waals surface area contributed by atoms with E-state index in [1.54, 1.807) is 0 Å². The SMILES string of the molecule is CC(C)(C)N1CCN(c2ccc(-c3nn[nH]n3)cc2)CC1. The highest BCUT2D eigenvalue weighted by molar-refractivity contribution is 5.59. The van der Waals surface area contributed by atoms with Crippen molar-refractivity contribution in [2.75, 3.05) is 31.1 Å². The summed E-state index contributed by atoms with van der Waals surface area (Å²) in [6, 6.07) is 8.38. The maximum atomic E-state index is 4.00. The maximum Gasteiger partial charge on any atom is 0.204 e. The topological polar surface area (TPSA) is 60.9 Å². The molecule has 6 nitrogen and oxygen atoms in total. The van der Waals surface area contributed by atoms with Crippen LogP contribution in [0, 0.1) is 0 Å². The molecule has 3 rings (SSSR count). The summed E-state index contributed by atoms with van der Waals surface area (Å²) in [4.78, 5) is 4.97. The molecule has 0 aliphatic carbocycles. The predicted octanol–water partition coefficient (Wildman–Crippen LogP) is 1.79. The Morgan fingerprint density at radius 3 is 2.19 bits per heavy atom. The minimum atomic E-state index is 0.259. The molecule has 2 heterocycles. The van der Waals surface area contributed by atoms with Crippen LogP contribution >= 0.6 is 0 Å². The normalized spacial score (nSPS) is 17.2. The fourth-order valence-corrected chi connectivity index (χ4v) is 2.74. The van der Waals surface area contributed by atoms with Gasteiger partial charge in [0.2, 0.25) is 5.82 Å². The summed E-state index contributed by atoms with van der Waals surface area (Å²) in [6.07, 6.45) is 0. The van der Waals surface area contributed by atoms with Gasteiger partial charge in [0, 0.05) is 43.0 Å². The molecule has 0 saturated carbocycles. The number of hydrogen-bond donors (Lipinski definition) is 1. The molecule has 2 aromatic rings. The third-order valence-corrected chi connectivity index (χ3v) is 4.06. The van der Waals surface area contributed by atoms with Crippen molar-refractivity contribution >= 4 is 5.69 Å². The molecule has 1 aliphatic rings. The summed E-state index contributed by atoms with van der Waals surface area (Å²) in [5, 5.41) is 14.1. The second kappa shape index (κ2) is 5.44. The van der Waals surface area contributed by atoms with Gasteiger partial charge >= 0.3 is 0 Å². The lowest BCUT2D eigenvalue weighted by Gasteiger charge is -2.43. The highest BCUT2D eigenvalue weighted by Gasteiger charge is 2.25. The zero-order chi connectivity index (χ0) is 14.9. The van der Waals surface area contributed by atoms with E-state index in [4.69, 9.17) is 0 Å². The van der Waals surface area contributed by atoms with E-state index in [0.29, 0.717) is 5.82 Å². The van der Waals surface area contributed by atoms with Gasteiger partial charge in [0.25, 0.3) is 0 Å². The quantitative estimate of drug-likeness (QED) is 0.912. The lowest BCUT2D eigenvalue weighted by atomic mass is 10.0. The third-order valence-electron chi connectivity index (χ3n) is 4.06. The maximum absolute atomic E-state index is 4.00. The van der Waals surface area contributed by atoms with E-state index < -0.39 is 0 Å². The standard InChI is InChI=1S/C15H22N6/c1-15(2,3)21-10-8-20(9-11-21)13-6-4-12(5-7-13)14-16-18-19-17-14/h4-7H,8-11H2,1-3H3,(H,16,17,18,19). The Balaban J connectivity index is 1.66. The Labute approximate surface area is 125 Å². The van der Waals surface area contributed by atoms with Gasteiger partial charge in [-0.1, -0.05) is 0 Å². The van der Waals surface area contributed by atoms with Crippen molar-refractivity contribution in [2.24, 2.45) is 0 Å². The largest absolute Gasteiger partial charge is 0.369 e. The first-order chi connectivity index (χ1) is 10.0. The average molecular weight is 286 g/mol. The molecule has 0 atom stereocenters. The Hall–Kier alpha value is -1.95. The summed E-state index contributed by atoms with van der Waals surface area (Å²) in [5.41, 5.74) is 2.51. The van der Waals surface area contributed by atoms with Gasteiger partial charge in [-0.05, 0) is 50.3 Å². The van der Waals surface area contributed by atoms with Gasteiger partial charge in [0.15, 0.2) is 0 Å². The molecule has 1 N–H and O–H groups in total. The molecule has 1 aromatic carbocycles. The van der Waals surface area contributed by atoms with Crippen LogP contribution in [0.2, 0.25) is 0 Å². The molecule has 1 fully saturated rings. The Morgan fingerprint density at radius 2 is 1.67 bits per heavy atom. The molecule has 1 aromatic heterocycles. The Kier molecular flexibility index (Phi) is 3.63. The molecule has 0 radical (unpaired) electrons. The van der Waals surface area contributed by atoms with Gasteiger partial charge in [0.1, 0.15) is 0 Å². The van der Waals surface area contributed by atoms with Crippen molar-refractivity contribution in [2.45, 2.75) is 26.3 Å². The lowest BCUT2D eigenvalue weighted by Crippen LogP contribution is -2.53. The molecule has 0 bridgehead atoms. The third kappa shape index (κ3) is 3.05. The summed E-state index contributed by atoms with van der Waals surface area (Å²) in [7, 11) is 0. The van der Waals surface area contributed by atoms with Crippen LogP contribution in [-0.2, 0) is 0 Å². The van der Waals surface area contributed by atoms with E-state index in [1.807, 2.05) is 0 Å². The molecular formula is C15H22N6. The van der Waals surface area contributed by atoms with Crippen molar-refractivity contribution in [1.29, 1.82) is 0 Å². The van der Waals surface area contributed by atoms with Crippen molar-refractivity contribution in [3.05, 3.63) is 24.3 Å². The highest BCUT2D eigenvalue weighted by Crippen LogP contribution is 2.23. The van der Waals surface area contributed by atoms with Crippen LogP contribution < -0.4 is 4.90 Å². The minimum absolute atomic E-state index is 0.259. The zero-order valence-corrected chi connectivity index (χ0v) is 12.9. The Morgan fingerprint density at radius 1 is 1.00 bits per heavy atom. The second-order valence-corrected chi connectivity index (χ2v) is 6.43. The van der Waals surface area contributed by atoms with Gasteiger partial charge in [0.05, 0.1) is 0 Å². The molecular weight excluding hydrogens is 264 g/mol. The van der Waals surface area contributed by atoms with Crippen molar-refractivity contribution < 1.29 is 0 Å². The Bertz CT molecular complexity index is 561. The smallest absolute Gasteiger partial charge is 0.204 e. The van der Waals surface area contributed by atoms with E-state index in [0.717, 1.165) is 31.7 Å². The van der Waals surface area contributed by atoms with Crippen molar-refractivity contribution in [3.8, 4) is 11.4 Å². The molecule has 6 heteroatoms. The van der Waals surface area contributed by atoms with Gasteiger partial charge in [-0.15, -0.1) is 10.2 Å². The van der Waals surface area contributed by atoms with Gasteiger partial charge in [-0.25, -0.2) is 0 Å². The first-order valence-electron chi connectivity index (χ1n) is 7.38. The van der Waals surface area contributed by atoms with Gasteiger partial charge in [-0.2, -0.15) is 5.21 Å². The number of hydrogen-bond acceptors (Lipinski definition) is 5. The molecule has 0 unspecified atom stereocenters. The minimum Gasteiger partial charge on any atom is -0.369 e. The monoisotopic (exact) mass is 286 g/mol. The lowest BCUT2D eigenvalue weighted by molar-refractivity contribution is 0.128. The fourth-order valence-electron chi connectivity index (χ4n) is 2.74. The zero-order valence-electron chi connectivity index (χ0n) is 12.9. The van der Waals surface area contributed by atoms with Crippen LogP contribution in [0.5, 0.6) is 0 Å². The molecule has 0 amide bonds. The highest BCUT2D eigenvalue weighted by atomic mass is 15.5. The van der Waals surface area contributed by atoms with E-state index in [1.165, 1.54) is 5.69 Å². The second-order valence-electron chi connectivity index (χ2n) is 6.43. The van der Waals surface area contributed by atoms with Gasteiger partial charge in [-0.3, -0.25) is 4.90 Å². The molecule has 21 heavy (non-hydrogen) atoms. The van der Waals surface area contributed by atoms with E-state index in [9.17, 15) is 0 Å². The summed E-state index contributed by atoms with van der Waals surface area (Å²) >= 11 is 0. The number of nitrogens with one attached hydrogen (secondary N) is 1. The van der Waals surface area contributed by atoms with Crippen LogP contribution in [0.3, 0.4) is 0 Å². The number of benzene rings is 1. The van der Waals surface area contributed by atoms with E-state index in [2.05, 4.69) is 75.5 Å². The van der Waals surface area contributed by atoms with Crippen LogP contribution in [0.1, 0.15) is 20.8 Å². The van der Waals surface area contributed by atoms with Gasteiger partial charge < -0.3 is 4.90 Å². The number of H-pyrrole nitrogens is 1. The summed E-state index contributed by atoms with van der Waals surface area (Å²) in [5.74, 6) is 0.638. The molecule has 112 valence electrons. The van der Waals surface area contributed by atoms with Crippen molar-refractivity contribution in [3.63, 3.8) is 0 Å². The van der Waals surface area contributed by atoms with Crippen molar-refractivity contribution in [1.82, 2.24) is 25.5 Å². The number of nitrogens with zero attached hydrogens (tertiary/aromatic N) is 5.